The van der Waals surface area contributed by atoms with Crippen molar-refractivity contribution in [3.63, 3.8) is 0 Å². The molecular weight excluding hydrogens is 226 g/mol. The maximum absolute atomic E-state index is 5.55. The summed E-state index contributed by atoms with van der Waals surface area (Å²) in [6.45, 7) is 6.14. The second-order valence-corrected chi connectivity index (χ2v) is 4.37. The van der Waals surface area contributed by atoms with Crippen molar-refractivity contribution in [1.29, 1.82) is 0 Å². The van der Waals surface area contributed by atoms with Crippen LogP contribution in [0, 0.1) is 20.8 Å². The van der Waals surface area contributed by atoms with Gasteiger partial charge in [-0.15, -0.1) is 10.2 Å². The van der Waals surface area contributed by atoms with Gasteiger partial charge in [0, 0.05) is 5.56 Å². The molecule has 0 aliphatic carbocycles. The third kappa shape index (κ3) is 2.01. The van der Waals surface area contributed by atoms with Crippen LogP contribution in [-0.2, 0) is 0 Å². The summed E-state index contributed by atoms with van der Waals surface area (Å²) in [6, 6.07) is 5.72. The van der Waals surface area contributed by atoms with Crippen molar-refractivity contribution in [2.24, 2.45) is 0 Å². The molecule has 0 atom stereocenters. The van der Waals surface area contributed by atoms with E-state index in [1.165, 1.54) is 0 Å². The number of nitrogens with two attached hydrogens (primary N) is 1. The van der Waals surface area contributed by atoms with E-state index in [0.29, 0.717) is 5.82 Å². The van der Waals surface area contributed by atoms with Crippen molar-refractivity contribution < 1.29 is 4.74 Å². The van der Waals surface area contributed by atoms with E-state index in [2.05, 4.69) is 30.1 Å². The molecule has 1 heterocycles. The van der Waals surface area contributed by atoms with E-state index in [4.69, 9.17) is 10.5 Å². The second kappa shape index (κ2) is 4.64. The van der Waals surface area contributed by atoms with Crippen LogP contribution < -0.4 is 10.5 Å². The van der Waals surface area contributed by atoms with Crippen molar-refractivity contribution >= 4 is 5.82 Å². The maximum Gasteiger partial charge on any atom is 0.146 e. The number of ether oxygens (including phenoxy) is 1. The Morgan fingerprint density at radius 3 is 2.33 bits per heavy atom. The van der Waals surface area contributed by atoms with Crippen LogP contribution in [0.1, 0.15) is 16.7 Å². The van der Waals surface area contributed by atoms with Crippen molar-refractivity contribution in [3.05, 3.63) is 34.9 Å². The Bertz CT molecular complexity index is 577. The topological polar surface area (TPSA) is 61.0 Å². The summed E-state index contributed by atoms with van der Waals surface area (Å²) in [5.74, 6) is 1.36. The van der Waals surface area contributed by atoms with Crippen LogP contribution in [0.4, 0.5) is 5.82 Å². The first-order chi connectivity index (χ1) is 8.54. The van der Waals surface area contributed by atoms with E-state index in [1.807, 2.05) is 13.0 Å². The Labute approximate surface area is 107 Å². The lowest BCUT2D eigenvalue weighted by molar-refractivity contribution is 0.408. The Hall–Kier alpha value is -2.10. The summed E-state index contributed by atoms with van der Waals surface area (Å²) in [6.07, 6.45) is 0. The van der Waals surface area contributed by atoms with Crippen LogP contribution in [-0.4, -0.2) is 17.3 Å². The van der Waals surface area contributed by atoms with Gasteiger partial charge in [-0.3, -0.25) is 0 Å². The van der Waals surface area contributed by atoms with E-state index < -0.39 is 0 Å². The Balaban J connectivity index is 2.62. The first-order valence-corrected chi connectivity index (χ1v) is 5.79. The summed E-state index contributed by atoms with van der Waals surface area (Å²) >= 11 is 0. The van der Waals surface area contributed by atoms with Gasteiger partial charge >= 0.3 is 0 Å². The highest BCUT2D eigenvalue weighted by atomic mass is 16.5. The number of methoxy groups -OCH3 is 1. The third-order valence-electron chi connectivity index (χ3n) is 3.19. The lowest BCUT2D eigenvalue weighted by Gasteiger charge is -2.15. The minimum absolute atomic E-state index is 0.429. The molecule has 2 N–H and O–H groups in total. The van der Waals surface area contributed by atoms with E-state index >= 15 is 0 Å². The Morgan fingerprint density at radius 1 is 1.06 bits per heavy atom. The number of rotatable bonds is 2. The van der Waals surface area contributed by atoms with Crippen molar-refractivity contribution in [1.82, 2.24) is 10.2 Å². The lowest BCUT2D eigenvalue weighted by atomic mass is 9.96. The van der Waals surface area contributed by atoms with E-state index in [0.717, 1.165) is 33.7 Å². The zero-order valence-corrected chi connectivity index (χ0v) is 11.1. The van der Waals surface area contributed by atoms with Crippen LogP contribution >= 0.6 is 0 Å². The molecule has 0 aliphatic rings. The predicted molar refractivity (Wildman–Crippen MR) is 72.6 cm³/mol. The molecule has 0 spiro atoms. The van der Waals surface area contributed by atoms with Crippen molar-refractivity contribution in [2.75, 3.05) is 12.8 Å². The summed E-state index contributed by atoms with van der Waals surface area (Å²) < 4.78 is 5.41. The minimum Gasteiger partial charge on any atom is -0.496 e. The number of nitrogen functional groups attached to an aromatic ring is 1. The van der Waals surface area contributed by atoms with Gasteiger partial charge in [0.15, 0.2) is 0 Å². The summed E-state index contributed by atoms with van der Waals surface area (Å²) in [4.78, 5) is 0. The molecule has 0 fully saturated rings. The van der Waals surface area contributed by atoms with Crippen LogP contribution in [0.25, 0.3) is 11.3 Å². The number of nitrogens with zero attached hydrogens (tertiary/aromatic N) is 2. The Morgan fingerprint density at radius 2 is 1.78 bits per heavy atom. The molecule has 0 radical (unpaired) electrons. The summed E-state index contributed by atoms with van der Waals surface area (Å²) in [7, 11) is 1.69. The molecule has 0 saturated carbocycles. The number of hydrogen-bond donors (Lipinski definition) is 1. The molecule has 0 unspecified atom stereocenters. The summed E-state index contributed by atoms with van der Waals surface area (Å²) in [5.41, 5.74) is 10.8. The number of benzene rings is 1. The quantitative estimate of drug-likeness (QED) is 0.880. The molecule has 0 saturated heterocycles. The van der Waals surface area contributed by atoms with Crippen LogP contribution in [0.15, 0.2) is 18.2 Å². The van der Waals surface area contributed by atoms with E-state index in [1.54, 1.807) is 13.2 Å². The van der Waals surface area contributed by atoms with Gasteiger partial charge in [0.25, 0.3) is 0 Å². The molecule has 4 nitrogen and oxygen atoms in total. The fourth-order valence-corrected chi connectivity index (χ4v) is 2.12. The zero-order valence-electron chi connectivity index (χ0n) is 11.1. The SMILES string of the molecule is COc1c(C)cc(-c2ccc(N)nn2)c(C)c1C. The molecular formula is C14H17N3O. The van der Waals surface area contributed by atoms with Crippen molar-refractivity contribution in [2.45, 2.75) is 20.8 Å². The summed E-state index contributed by atoms with van der Waals surface area (Å²) in [5, 5.41) is 8.03. The first kappa shape index (κ1) is 12.4. The highest BCUT2D eigenvalue weighted by molar-refractivity contribution is 5.69. The highest BCUT2D eigenvalue weighted by Gasteiger charge is 2.12. The molecule has 0 amide bonds. The smallest absolute Gasteiger partial charge is 0.146 e. The van der Waals surface area contributed by atoms with Gasteiger partial charge in [-0.2, -0.15) is 0 Å². The van der Waals surface area contributed by atoms with Gasteiger partial charge in [0.05, 0.1) is 12.8 Å². The normalized spacial score (nSPS) is 10.4. The molecule has 1 aromatic heterocycles. The first-order valence-electron chi connectivity index (χ1n) is 5.79. The fourth-order valence-electron chi connectivity index (χ4n) is 2.12. The molecule has 94 valence electrons. The van der Waals surface area contributed by atoms with Gasteiger partial charge in [-0.05, 0) is 55.7 Å². The van der Waals surface area contributed by atoms with Gasteiger partial charge in [-0.25, -0.2) is 0 Å². The van der Waals surface area contributed by atoms with Crippen LogP contribution in [0.2, 0.25) is 0 Å². The highest BCUT2D eigenvalue weighted by Crippen LogP contribution is 2.33. The van der Waals surface area contributed by atoms with Gasteiger partial charge < -0.3 is 10.5 Å². The largest absolute Gasteiger partial charge is 0.496 e. The number of hydrogen-bond acceptors (Lipinski definition) is 4. The average Bonchev–Trinajstić information content (AvgIpc) is 2.36. The van der Waals surface area contributed by atoms with Gasteiger partial charge in [-0.1, -0.05) is 0 Å². The molecule has 2 aromatic rings. The van der Waals surface area contributed by atoms with E-state index in [-0.39, 0.29) is 0 Å². The molecule has 0 aliphatic heterocycles. The predicted octanol–water partition coefficient (Wildman–Crippen LogP) is 2.66. The van der Waals surface area contributed by atoms with Gasteiger partial charge in [0.2, 0.25) is 0 Å². The number of anilines is 1. The van der Waals surface area contributed by atoms with Crippen molar-refractivity contribution in [3.8, 4) is 17.0 Å². The standard InChI is InChI=1S/C14H17N3O/c1-8-7-11(9(2)10(3)14(8)18-4)12-5-6-13(15)17-16-12/h5-7H,1-4H3,(H2,15,17). The maximum atomic E-state index is 5.55. The number of aryl methyl sites for hydroxylation is 1. The molecule has 4 heteroatoms. The van der Waals surface area contributed by atoms with Crippen LogP contribution in [0.3, 0.4) is 0 Å². The molecule has 2 rings (SSSR count). The monoisotopic (exact) mass is 243 g/mol. The second-order valence-electron chi connectivity index (χ2n) is 4.37. The molecule has 0 bridgehead atoms. The average molecular weight is 243 g/mol. The van der Waals surface area contributed by atoms with E-state index in [9.17, 15) is 0 Å². The van der Waals surface area contributed by atoms with Crippen LogP contribution in [0.5, 0.6) is 5.75 Å². The molecule has 1 aromatic carbocycles. The Kier molecular flexibility index (Phi) is 3.19. The zero-order chi connectivity index (χ0) is 13.3. The molecule has 18 heavy (non-hydrogen) atoms. The number of aromatic nitrogens is 2. The van der Waals surface area contributed by atoms with Gasteiger partial charge in [0.1, 0.15) is 11.6 Å². The fraction of sp³-hybridized carbons (Fsp3) is 0.286. The lowest BCUT2D eigenvalue weighted by Crippen LogP contribution is -1.99. The third-order valence-corrected chi connectivity index (χ3v) is 3.19. The minimum atomic E-state index is 0.429.